The molecule has 0 aromatic heterocycles. The zero-order chi connectivity index (χ0) is 19.0. The summed E-state index contributed by atoms with van der Waals surface area (Å²) < 4.78 is 12.7. The van der Waals surface area contributed by atoms with Crippen LogP contribution >= 0.6 is 0 Å². The van der Waals surface area contributed by atoms with Gasteiger partial charge in [0.1, 0.15) is 5.82 Å². The van der Waals surface area contributed by atoms with E-state index in [0.717, 1.165) is 16.8 Å². The van der Waals surface area contributed by atoms with Gasteiger partial charge >= 0.3 is 11.9 Å². The standard InChI is InChI=1S/C14H13FN2O2.C2H2O4/c1-10-8-13(17(18)19)6-7-14(10)16-9-11-2-4-12(15)5-3-11;3-1(4)2(5)6/h2-8,16H,9H2,1H3;(H,3,4)(H,5,6). The number of non-ortho nitro benzene ring substituents is 1. The molecule has 0 amide bonds. The molecule has 132 valence electrons. The third kappa shape index (κ3) is 6.65. The van der Waals surface area contributed by atoms with Gasteiger partial charge in [-0.2, -0.15) is 0 Å². The highest BCUT2D eigenvalue weighted by Crippen LogP contribution is 2.21. The number of nitro benzene ring substituents is 1. The number of hydrogen-bond donors (Lipinski definition) is 3. The van der Waals surface area contributed by atoms with E-state index in [-0.39, 0.29) is 11.5 Å². The molecule has 2 rings (SSSR count). The molecule has 0 fully saturated rings. The summed E-state index contributed by atoms with van der Waals surface area (Å²) in [5, 5.41) is 28.6. The van der Waals surface area contributed by atoms with Crippen LogP contribution < -0.4 is 5.32 Å². The third-order valence-corrected chi connectivity index (χ3v) is 3.00. The Morgan fingerprint density at radius 1 is 1.12 bits per heavy atom. The van der Waals surface area contributed by atoms with Crippen molar-refractivity contribution in [3.05, 3.63) is 69.5 Å². The van der Waals surface area contributed by atoms with E-state index >= 15 is 0 Å². The summed E-state index contributed by atoms with van der Waals surface area (Å²) in [7, 11) is 0. The van der Waals surface area contributed by atoms with Crippen LogP contribution in [0, 0.1) is 22.9 Å². The van der Waals surface area contributed by atoms with Gasteiger partial charge in [0.25, 0.3) is 5.69 Å². The molecular formula is C16H15FN2O6. The molecule has 8 nitrogen and oxygen atoms in total. The molecule has 25 heavy (non-hydrogen) atoms. The summed E-state index contributed by atoms with van der Waals surface area (Å²) in [6, 6.07) is 10.9. The Kier molecular flexibility index (Phi) is 7.01. The first-order valence-electron chi connectivity index (χ1n) is 6.90. The molecule has 0 unspecified atom stereocenters. The molecule has 0 heterocycles. The van der Waals surface area contributed by atoms with E-state index in [2.05, 4.69) is 5.32 Å². The Labute approximate surface area is 141 Å². The number of nitrogens with zero attached hydrogens (tertiary/aromatic N) is 1. The first-order valence-corrected chi connectivity index (χ1v) is 6.90. The molecular weight excluding hydrogens is 335 g/mol. The van der Waals surface area contributed by atoms with Crippen LogP contribution in [0.4, 0.5) is 15.8 Å². The van der Waals surface area contributed by atoms with Gasteiger partial charge in [-0.15, -0.1) is 0 Å². The Balaban J connectivity index is 0.000000450. The number of carbonyl (C=O) groups is 2. The smallest absolute Gasteiger partial charge is 0.414 e. The predicted molar refractivity (Wildman–Crippen MR) is 86.8 cm³/mol. The third-order valence-electron chi connectivity index (χ3n) is 3.00. The van der Waals surface area contributed by atoms with Crippen LogP contribution in [0.3, 0.4) is 0 Å². The second-order valence-corrected chi connectivity index (χ2v) is 4.85. The molecule has 0 spiro atoms. The summed E-state index contributed by atoms with van der Waals surface area (Å²) in [5.74, 6) is -3.92. The van der Waals surface area contributed by atoms with Gasteiger partial charge in [-0.25, -0.2) is 14.0 Å². The van der Waals surface area contributed by atoms with Gasteiger partial charge in [-0.1, -0.05) is 12.1 Å². The molecule has 0 bridgehead atoms. The number of halogens is 1. The number of aryl methyl sites for hydroxylation is 1. The average Bonchev–Trinajstić information content (AvgIpc) is 2.55. The zero-order valence-electron chi connectivity index (χ0n) is 13.1. The Morgan fingerprint density at radius 2 is 1.68 bits per heavy atom. The molecule has 0 saturated heterocycles. The van der Waals surface area contributed by atoms with Gasteiger partial charge in [-0.3, -0.25) is 10.1 Å². The van der Waals surface area contributed by atoms with Gasteiger partial charge in [-0.05, 0) is 36.2 Å². The fraction of sp³-hybridized carbons (Fsp3) is 0.125. The summed E-state index contributed by atoms with van der Waals surface area (Å²) in [6.07, 6.45) is 0. The topological polar surface area (TPSA) is 130 Å². The molecule has 0 aliphatic rings. The summed E-state index contributed by atoms with van der Waals surface area (Å²) >= 11 is 0. The maximum atomic E-state index is 12.7. The minimum absolute atomic E-state index is 0.0739. The monoisotopic (exact) mass is 350 g/mol. The molecule has 0 atom stereocenters. The number of hydrogen-bond acceptors (Lipinski definition) is 5. The molecule has 0 aliphatic carbocycles. The van der Waals surface area contributed by atoms with Crippen molar-refractivity contribution in [2.45, 2.75) is 13.5 Å². The minimum Gasteiger partial charge on any atom is -0.473 e. The van der Waals surface area contributed by atoms with Crippen molar-refractivity contribution < 1.29 is 29.1 Å². The summed E-state index contributed by atoms with van der Waals surface area (Å²) in [4.78, 5) is 28.4. The Morgan fingerprint density at radius 3 is 2.12 bits per heavy atom. The first kappa shape index (κ1) is 19.6. The number of benzene rings is 2. The lowest BCUT2D eigenvalue weighted by molar-refractivity contribution is -0.384. The lowest BCUT2D eigenvalue weighted by atomic mass is 10.1. The van der Waals surface area contributed by atoms with Crippen molar-refractivity contribution in [1.29, 1.82) is 0 Å². The lowest BCUT2D eigenvalue weighted by Gasteiger charge is -2.09. The van der Waals surface area contributed by atoms with E-state index < -0.39 is 16.9 Å². The van der Waals surface area contributed by atoms with Crippen molar-refractivity contribution in [2.24, 2.45) is 0 Å². The number of nitrogens with one attached hydrogen (secondary N) is 1. The Hall–Kier alpha value is -3.49. The normalized spacial score (nSPS) is 9.52. The van der Waals surface area contributed by atoms with Crippen LogP contribution in [-0.2, 0) is 16.1 Å². The predicted octanol–water partition coefficient (Wildman–Crippen LogP) is 2.81. The maximum absolute atomic E-state index is 12.7. The van der Waals surface area contributed by atoms with E-state index in [0.29, 0.717) is 6.54 Å². The minimum atomic E-state index is -1.82. The van der Waals surface area contributed by atoms with Crippen LogP contribution in [0.25, 0.3) is 0 Å². The van der Waals surface area contributed by atoms with Crippen molar-refractivity contribution >= 4 is 23.3 Å². The van der Waals surface area contributed by atoms with E-state index in [1.54, 1.807) is 25.1 Å². The van der Waals surface area contributed by atoms with Gasteiger partial charge < -0.3 is 15.5 Å². The van der Waals surface area contributed by atoms with Crippen LogP contribution in [0.1, 0.15) is 11.1 Å². The van der Waals surface area contributed by atoms with Gasteiger partial charge in [0.05, 0.1) is 4.92 Å². The highest BCUT2D eigenvalue weighted by atomic mass is 19.1. The highest BCUT2D eigenvalue weighted by Gasteiger charge is 2.07. The second-order valence-electron chi connectivity index (χ2n) is 4.85. The van der Waals surface area contributed by atoms with Crippen molar-refractivity contribution in [2.75, 3.05) is 5.32 Å². The van der Waals surface area contributed by atoms with Crippen LogP contribution in [-0.4, -0.2) is 27.1 Å². The van der Waals surface area contributed by atoms with Crippen molar-refractivity contribution in [1.82, 2.24) is 0 Å². The van der Waals surface area contributed by atoms with Gasteiger partial charge in [0, 0.05) is 24.4 Å². The maximum Gasteiger partial charge on any atom is 0.414 e. The van der Waals surface area contributed by atoms with Gasteiger partial charge in [0.2, 0.25) is 0 Å². The van der Waals surface area contributed by atoms with E-state index in [1.807, 2.05) is 0 Å². The molecule has 3 N–H and O–H groups in total. The number of carboxylic acids is 2. The van der Waals surface area contributed by atoms with Crippen LogP contribution in [0.2, 0.25) is 0 Å². The van der Waals surface area contributed by atoms with E-state index in [1.165, 1.54) is 24.3 Å². The Bertz CT molecular complexity index is 765. The van der Waals surface area contributed by atoms with E-state index in [9.17, 15) is 14.5 Å². The molecule has 9 heteroatoms. The molecule has 2 aromatic carbocycles. The van der Waals surface area contributed by atoms with Crippen molar-refractivity contribution in [3.63, 3.8) is 0 Å². The number of carboxylic acid groups (broad SMARTS) is 2. The average molecular weight is 350 g/mol. The quantitative estimate of drug-likeness (QED) is 0.439. The van der Waals surface area contributed by atoms with Crippen LogP contribution in [0.15, 0.2) is 42.5 Å². The molecule has 0 radical (unpaired) electrons. The number of aliphatic carboxylic acids is 2. The number of rotatable bonds is 4. The zero-order valence-corrected chi connectivity index (χ0v) is 13.1. The number of nitro groups is 1. The second kappa shape index (κ2) is 8.96. The largest absolute Gasteiger partial charge is 0.473 e. The molecule has 2 aromatic rings. The summed E-state index contributed by atoms with van der Waals surface area (Å²) in [5.41, 5.74) is 2.65. The summed E-state index contributed by atoms with van der Waals surface area (Å²) in [6.45, 7) is 2.35. The molecule has 0 saturated carbocycles. The molecule has 0 aliphatic heterocycles. The van der Waals surface area contributed by atoms with Crippen LogP contribution in [0.5, 0.6) is 0 Å². The highest BCUT2D eigenvalue weighted by molar-refractivity contribution is 6.27. The number of anilines is 1. The first-order chi connectivity index (χ1) is 11.7. The lowest BCUT2D eigenvalue weighted by Crippen LogP contribution is -2.09. The van der Waals surface area contributed by atoms with Gasteiger partial charge in [0.15, 0.2) is 0 Å². The fourth-order valence-electron chi connectivity index (χ4n) is 1.76. The fourth-order valence-corrected chi connectivity index (χ4v) is 1.76. The van der Waals surface area contributed by atoms with E-state index in [4.69, 9.17) is 19.8 Å². The SMILES string of the molecule is Cc1cc([N+](=O)[O-])ccc1NCc1ccc(F)cc1.O=C(O)C(=O)O. The van der Waals surface area contributed by atoms with Crippen molar-refractivity contribution in [3.8, 4) is 0 Å².